The van der Waals surface area contributed by atoms with E-state index in [0.717, 1.165) is 25.2 Å². The molecule has 0 bridgehead atoms. The number of unbranched alkanes of at least 4 members (excludes halogenated alkanes) is 1. The molecule has 0 aliphatic heterocycles. The van der Waals surface area contributed by atoms with E-state index in [1.165, 1.54) is 6.42 Å². The van der Waals surface area contributed by atoms with Crippen molar-refractivity contribution in [1.29, 1.82) is 0 Å². The van der Waals surface area contributed by atoms with Gasteiger partial charge in [-0.3, -0.25) is 4.79 Å². The molecule has 0 radical (unpaired) electrons. The summed E-state index contributed by atoms with van der Waals surface area (Å²) in [5.74, 6) is 0.679. The molecule has 0 atom stereocenters. The second kappa shape index (κ2) is 6.86. The minimum Gasteiger partial charge on any atom is -0.460 e. The number of ether oxygens (including phenoxy) is 1. The zero-order valence-corrected chi connectivity index (χ0v) is 10.9. The van der Waals surface area contributed by atoms with Gasteiger partial charge in [-0.05, 0) is 32.6 Å². The molecule has 0 N–H and O–H groups in total. The SMILES string of the molecule is CCC(C)(C)OC(=O)CCCCC(C)C. The molecular formula is C13H26O2. The minimum absolute atomic E-state index is 0.0504. The van der Waals surface area contributed by atoms with Crippen molar-refractivity contribution in [3.8, 4) is 0 Å². The van der Waals surface area contributed by atoms with Gasteiger partial charge in [-0.2, -0.15) is 0 Å². The van der Waals surface area contributed by atoms with E-state index in [1.807, 2.05) is 20.8 Å². The van der Waals surface area contributed by atoms with Gasteiger partial charge in [0.25, 0.3) is 0 Å². The van der Waals surface area contributed by atoms with Crippen molar-refractivity contribution in [1.82, 2.24) is 0 Å². The molecule has 0 aromatic heterocycles. The van der Waals surface area contributed by atoms with Crippen LogP contribution in [0, 0.1) is 5.92 Å². The number of hydrogen-bond acceptors (Lipinski definition) is 2. The number of esters is 1. The summed E-state index contributed by atoms with van der Waals surface area (Å²) in [6.45, 7) is 10.4. The predicted molar refractivity (Wildman–Crippen MR) is 63.8 cm³/mol. The van der Waals surface area contributed by atoms with Gasteiger partial charge in [-0.15, -0.1) is 0 Å². The molecule has 0 aromatic rings. The normalized spacial score (nSPS) is 11.9. The highest BCUT2D eigenvalue weighted by Crippen LogP contribution is 2.16. The summed E-state index contributed by atoms with van der Waals surface area (Å²) in [5.41, 5.74) is -0.296. The lowest BCUT2D eigenvalue weighted by Gasteiger charge is -2.23. The highest BCUT2D eigenvalue weighted by atomic mass is 16.6. The quantitative estimate of drug-likeness (QED) is 0.474. The molecule has 0 aliphatic carbocycles. The minimum atomic E-state index is -0.296. The van der Waals surface area contributed by atoms with Crippen LogP contribution in [0.2, 0.25) is 0 Å². The molecule has 0 heterocycles. The first kappa shape index (κ1) is 14.5. The molecule has 15 heavy (non-hydrogen) atoms. The molecule has 2 heteroatoms. The Morgan fingerprint density at radius 1 is 1.27 bits per heavy atom. The van der Waals surface area contributed by atoms with Crippen LogP contribution < -0.4 is 0 Å². The average Bonchev–Trinajstić information content (AvgIpc) is 2.11. The zero-order valence-electron chi connectivity index (χ0n) is 10.9. The second-order valence-electron chi connectivity index (χ2n) is 5.23. The average molecular weight is 214 g/mol. The van der Waals surface area contributed by atoms with E-state index in [4.69, 9.17) is 4.74 Å². The molecule has 0 saturated carbocycles. The van der Waals surface area contributed by atoms with Crippen LogP contribution in [0.4, 0.5) is 0 Å². The lowest BCUT2D eigenvalue weighted by Crippen LogP contribution is -2.26. The summed E-state index contributed by atoms with van der Waals surface area (Å²) in [5, 5.41) is 0. The highest BCUT2D eigenvalue weighted by molar-refractivity contribution is 5.69. The van der Waals surface area contributed by atoms with Crippen LogP contribution >= 0.6 is 0 Å². The van der Waals surface area contributed by atoms with Gasteiger partial charge in [0.15, 0.2) is 0 Å². The number of rotatable bonds is 7. The van der Waals surface area contributed by atoms with Crippen molar-refractivity contribution in [2.45, 2.75) is 72.3 Å². The topological polar surface area (TPSA) is 26.3 Å². The van der Waals surface area contributed by atoms with Gasteiger partial charge in [0, 0.05) is 6.42 Å². The Balaban J connectivity index is 3.58. The molecule has 0 spiro atoms. The van der Waals surface area contributed by atoms with E-state index >= 15 is 0 Å². The Hall–Kier alpha value is -0.530. The van der Waals surface area contributed by atoms with Crippen LogP contribution in [0.15, 0.2) is 0 Å². The number of carbonyl (C=O) groups is 1. The molecule has 0 aliphatic rings. The summed E-state index contributed by atoms with van der Waals surface area (Å²) in [4.78, 5) is 11.4. The Bertz CT molecular complexity index is 183. The number of hydrogen-bond donors (Lipinski definition) is 0. The van der Waals surface area contributed by atoms with Crippen molar-refractivity contribution < 1.29 is 9.53 Å². The van der Waals surface area contributed by atoms with Crippen LogP contribution in [0.25, 0.3) is 0 Å². The van der Waals surface area contributed by atoms with Crippen LogP contribution in [0.5, 0.6) is 0 Å². The third-order valence-electron chi connectivity index (χ3n) is 2.65. The maximum Gasteiger partial charge on any atom is 0.306 e. The molecule has 2 nitrogen and oxygen atoms in total. The summed E-state index contributed by atoms with van der Waals surface area (Å²) >= 11 is 0. The largest absolute Gasteiger partial charge is 0.460 e. The van der Waals surface area contributed by atoms with E-state index in [1.54, 1.807) is 0 Å². The van der Waals surface area contributed by atoms with Crippen molar-refractivity contribution >= 4 is 5.97 Å². The molecule has 90 valence electrons. The van der Waals surface area contributed by atoms with Gasteiger partial charge in [0.05, 0.1) is 0 Å². The van der Waals surface area contributed by atoms with Crippen molar-refractivity contribution in [2.24, 2.45) is 5.92 Å². The van der Waals surface area contributed by atoms with Crippen molar-refractivity contribution in [3.05, 3.63) is 0 Å². The Labute approximate surface area is 94.4 Å². The van der Waals surface area contributed by atoms with Crippen molar-refractivity contribution in [2.75, 3.05) is 0 Å². The monoisotopic (exact) mass is 214 g/mol. The lowest BCUT2D eigenvalue weighted by molar-refractivity contribution is -0.156. The maximum atomic E-state index is 11.4. The Morgan fingerprint density at radius 2 is 1.87 bits per heavy atom. The molecule has 0 amide bonds. The van der Waals surface area contributed by atoms with Gasteiger partial charge in [-0.1, -0.05) is 33.6 Å². The summed E-state index contributed by atoms with van der Waals surface area (Å²) < 4.78 is 5.36. The molecular weight excluding hydrogens is 188 g/mol. The molecule has 0 fully saturated rings. The first-order valence-corrected chi connectivity index (χ1v) is 6.09. The number of carbonyl (C=O) groups excluding carboxylic acids is 1. The van der Waals surface area contributed by atoms with Gasteiger partial charge in [0.1, 0.15) is 5.60 Å². The first-order chi connectivity index (χ1) is 6.87. The molecule has 0 saturated heterocycles. The van der Waals surface area contributed by atoms with Gasteiger partial charge < -0.3 is 4.74 Å². The summed E-state index contributed by atoms with van der Waals surface area (Å²) in [7, 11) is 0. The van der Waals surface area contributed by atoms with Gasteiger partial charge in [-0.25, -0.2) is 0 Å². The van der Waals surface area contributed by atoms with E-state index < -0.39 is 0 Å². The van der Waals surface area contributed by atoms with Crippen molar-refractivity contribution in [3.63, 3.8) is 0 Å². The zero-order chi connectivity index (χ0) is 11.9. The first-order valence-electron chi connectivity index (χ1n) is 6.09. The van der Waals surface area contributed by atoms with E-state index in [2.05, 4.69) is 13.8 Å². The van der Waals surface area contributed by atoms with Gasteiger partial charge in [0.2, 0.25) is 0 Å². The fourth-order valence-electron chi connectivity index (χ4n) is 1.25. The van der Waals surface area contributed by atoms with Gasteiger partial charge >= 0.3 is 5.97 Å². The van der Waals surface area contributed by atoms with E-state index in [9.17, 15) is 4.79 Å². The van der Waals surface area contributed by atoms with Crippen LogP contribution in [-0.2, 0) is 9.53 Å². The third-order valence-corrected chi connectivity index (χ3v) is 2.65. The standard InChI is InChI=1S/C13H26O2/c1-6-13(4,5)15-12(14)10-8-7-9-11(2)3/h11H,6-10H2,1-5H3. The lowest BCUT2D eigenvalue weighted by atomic mass is 10.0. The second-order valence-corrected chi connectivity index (χ2v) is 5.23. The Morgan fingerprint density at radius 3 is 2.33 bits per heavy atom. The molecule has 0 aromatic carbocycles. The fourth-order valence-corrected chi connectivity index (χ4v) is 1.25. The fraction of sp³-hybridized carbons (Fsp3) is 0.923. The van der Waals surface area contributed by atoms with E-state index in [-0.39, 0.29) is 11.6 Å². The smallest absolute Gasteiger partial charge is 0.306 e. The van der Waals surface area contributed by atoms with Crippen LogP contribution in [0.1, 0.15) is 66.7 Å². The predicted octanol–water partition coefficient (Wildman–Crippen LogP) is 3.93. The summed E-state index contributed by atoms with van der Waals surface area (Å²) in [6.07, 6.45) is 4.71. The Kier molecular flexibility index (Phi) is 6.62. The third kappa shape index (κ3) is 8.46. The highest BCUT2D eigenvalue weighted by Gasteiger charge is 2.19. The molecule has 0 rings (SSSR count). The van der Waals surface area contributed by atoms with Crippen LogP contribution in [-0.4, -0.2) is 11.6 Å². The van der Waals surface area contributed by atoms with Crippen LogP contribution in [0.3, 0.4) is 0 Å². The maximum absolute atomic E-state index is 11.4. The summed E-state index contributed by atoms with van der Waals surface area (Å²) in [6, 6.07) is 0. The molecule has 0 unspecified atom stereocenters. The van der Waals surface area contributed by atoms with E-state index in [0.29, 0.717) is 6.42 Å².